The van der Waals surface area contributed by atoms with Gasteiger partial charge in [-0.2, -0.15) is 0 Å². The molecule has 25 rings (SSSR count). The van der Waals surface area contributed by atoms with Gasteiger partial charge in [-0.15, -0.1) is 19.3 Å². The number of carbonyl (C=O) groups is 4. The molecular formula is C91H117N15O17. The van der Waals surface area contributed by atoms with Crippen molar-refractivity contribution in [2.75, 3.05) is 63.4 Å². The zero-order chi connectivity index (χ0) is 85.1. The first-order chi connectivity index (χ1) is 59.2. The number of aliphatic hydroxyl groups is 2. The molecule has 16 saturated carbocycles. The van der Waals surface area contributed by atoms with Gasteiger partial charge in [0.1, 0.15) is 72.0 Å². The third-order valence-electron chi connectivity index (χ3n) is 31.8. The van der Waals surface area contributed by atoms with Gasteiger partial charge in [-0.1, -0.05) is 17.8 Å². The van der Waals surface area contributed by atoms with Crippen LogP contribution in [0.1, 0.15) is 235 Å². The van der Waals surface area contributed by atoms with Crippen molar-refractivity contribution < 1.29 is 81.5 Å². The number of nitrogen functional groups attached to an aromatic ring is 3. The van der Waals surface area contributed by atoms with E-state index in [4.69, 9.17) is 88.6 Å². The fourth-order valence-corrected chi connectivity index (χ4v) is 28.2. The van der Waals surface area contributed by atoms with E-state index < -0.39 is 85.0 Å². The minimum atomic E-state index is -1.60. The molecule has 9 heterocycles. The number of fused-ring (bicyclic) bond motifs is 3. The topological polar surface area (TPSA) is 419 Å². The van der Waals surface area contributed by atoms with Gasteiger partial charge >= 0.3 is 24.6 Å². The summed E-state index contributed by atoms with van der Waals surface area (Å²) in [6.45, 7) is 5.24. The van der Waals surface area contributed by atoms with Gasteiger partial charge in [-0.3, -0.25) is 13.7 Å². The molecule has 658 valence electrons. The molecule has 6 aromatic heterocycles. The Hall–Kier alpha value is -9.39. The molecule has 0 spiro atoms. The van der Waals surface area contributed by atoms with Crippen LogP contribution in [0.3, 0.4) is 0 Å². The molecular weight excluding hydrogens is 1580 g/mol. The van der Waals surface area contributed by atoms with Crippen LogP contribution in [0.25, 0.3) is 33.5 Å². The zero-order valence-electron chi connectivity index (χ0n) is 70.8. The van der Waals surface area contributed by atoms with Gasteiger partial charge in [-0.25, -0.2) is 64.0 Å². The van der Waals surface area contributed by atoms with Crippen molar-refractivity contribution in [1.29, 1.82) is 0 Å². The number of nitrogens with zero attached hydrogens (tertiary/aromatic N) is 12. The summed E-state index contributed by atoms with van der Waals surface area (Å²) in [7, 11) is 0. The summed E-state index contributed by atoms with van der Waals surface area (Å²) in [5, 5.41) is 20.9. The van der Waals surface area contributed by atoms with Crippen molar-refractivity contribution in [2.24, 2.45) is 92.7 Å². The Balaban J connectivity index is 0.000000124. The fraction of sp³-hybridized carbons (Fsp3) is 0.725. The quantitative estimate of drug-likeness (QED) is 0.0239. The monoisotopic (exact) mass is 1690 g/mol. The number of anilines is 3. The van der Waals surface area contributed by atoms with E-state index in [0.717, 1.165) is 96.7 Å². The Labute approximate surface area is 715 Å². The summed E-state index contributed by atoms with van der Waals surface area (Å²) in [6, 6.07) is 0. The Morgan fingerprint density at radius 3 is 0.943 bits per heavy atom. The zero-order valence-corrected chi connectivity index (χ0v) is 70.8. The van der Waals surface area contributed by atoms with Crippen molar-refractivity contribution in [3.05, 3.63) is 36.5 Å². The summed E-state index contributed by atoms with van der Waals surface area (Å²) < 4.78 is 68.4. The number of aromatic nitrogens is 12. The fourth-order valence-electron chi connectivity index (χ4n) is 28.2. The molecule has 123 heavy (non-hydrogen) atoms. The maximum Gasteiger partial charge on any atom is 0.508 e. The summed E-state index contributed by atoms with van der Waals surface area (Å²) >= 11 is 0. The van der Waals surface area contributed by atoms with Crippen LogP contribution in [-0.4, -0.2) is 175 Å². The largest absolute Gasteiger partial charge is 0.508 e. The van der Waals surface area contributed by atoms with Crippen molar-refractivity contribution in [1.82, 2.24) is 58.6 Å². The first-order valence-electron chi connectivity index (χ1n) is 45.1. The van der Waals surface area contributed by atoms with E-state index in [0.29, 0.717) is 88.2 Å². The predicted molar refractivity (Wildman–Crippen MR) is 443 cm³/mol. The maximum absolute atomic E-state index is 13.3. The van der Waals surface area contributed by atoms with Crippen molar-refractivity contribution in [3.63, 3.8) is 0 Å². The highest BCUT2D eigenvalue weighted by Crippen LogP contribution is 2.65. The molecule has 9 atom stereocenters. The lowest BCUT2D eigenvalue weighted by molar-refractivity contribution is -0.108. The van der Waals surface area contributed by atoms with Crippen LogP contribution in [-0.2, 0) is 52.1 Å². The Bertz CT molecular complexity index is 5000. The molecule has 32 heteroatoms. The average molecular weight is 1690 g/mol. The van der Waals surface area contributed by atoms with E-state index in [2.05, 4.69) is 62.6 Å². The lowest BCUT2D eigenvalue weighted by Gasteiger charge is -2.57. The standard InChI is InChI=1S/C39H51N5O7.2C26H33N5O5/c1-3-39(21-49-35(45)47-6-4-37-15-24-8-25(16-37)10-26(9-24)17-37)30(14-31(51-39)44-22-41-32-33(40)42-23(2)43-34(32)44)50-36(46)48-7-5-38-18-27-11-28(19-38)13-29(12-27)20-38;1-3-26(19(32)9-20(36-26)31-14-28-21-22(27)29-15(2)30-23(21)31)13-35-24(33)34-5-4-25-10-16-6-17(11-25)8-18(7-16)12-25;1-3-26(13-32)19(9-20(36-26)31-14-28-21-22(27)29-15(2)30-23(21)31)35-24(33)34-5-4-25-10-16-6-17(11-25)8-18(7-16)12-25/h1,22,24-31H,4-21H2,2H3,(H2,40,42,43);2*1,14,16-20,32H,4-13H2,2H3,(H2,27,29,30)/t24?,25?,26?,27?,28?,29?,30-,31+,37?,38?,39+;2*16?,17?,18?,19-,20+,25?,26+/m000/s1. The van der Waals surface area contributed by atoms with Gasteiger partial charge in [0.05, 0.1) is 52.0 Å². The first kappa shape index (κ1) is 83.2. The summed E-state index contributed by atoms with van der Waals surface area (Å²) in [4.78, 5) is 90.2. The molecule has 19 fully saturated rings. The first-order valence-corrected chi connectivity index (χ1v) is 45.1. The minimum Gasteiger partial charge on any atom is -0.434 e. The Morgan fingerprint density at radius 1 is 0.390 bits per heavy atom. The molecule has 3 saturated heterocycles. The average Bonchev–Trinajstić information content (AvgIpc) is 1.74. The number of ether oxygens (including phenoxy) is 11. The highest BCUT2D eigenvalue weighted by Gasteiger charge is 2.59. The molecule has 0 aromatic carbocycles. The van der Waals surface area contributed by atoms with E-state index in [1.165, 1.54) is 167 Å². The third kappa shape index (κ3) is 16.3. The number of carbonyl (C=O) groups excluding carboxylic acids is 4. The van der Waals surface area contributed by atoms with Crippen LogP contribution < -0.4 is 17.2 Å². The third-order valence-corrected chi connectivity index (χ3v) is 31.8. The van der Waals surface area contributed by atoms with E-state index in [9.17, 15) is 29.4 Å². The highest BCUT2D eigenvalue weighted by molar-refractivity contribution is 5.83. The van der Waals surface area contributed by atoms with E-state index in [1.807, 2.05) is 0 Å². The summed E-state index contributed by atoms with van der Waals surface area (Å²) in [5.41, 5.74) is 17.4. The number of nitrogens with two attached hydrogens (primary N) is 3. The van der Waals surface area contributed by atoms with Crippen LogP contribution in [0, 0.1) is 150 Å². The second-order valence-corrected chi connectivity index (χ2v) is 40.5. The van der Waals surface area contributed by atoms with Crippen LogP contribution in [0.5, 0.6) is 0 Å². The summed E-state index contributed by atoms with van der Waals surface area (Å²) in [6.07, 6.45) is 49.4. The number of terminal acetylenes is 3. The highest BCUT2D eigenvalue weighted by atomic mass is 16.8. The minimum absolute atomic E-state index is 0.146. The number of hydrogen-bond acceptors (Lipinski definition) is 29. The smallest absolute Gasteiger partial charge is 0.434 e. The Kier molecular flexibility index (Phi) is 22.0. The number of imidazole rings is 3. The van der Waals surface area contributed by atoms with Gasteiger partial charge in [0, 0.05) is 19.3 Å². The Morgan fingerprint density at radius 2 is 0.650 bits per heavy atom. The van der Waals surface area contributed by atoms with Crippen LogP contribution in [0.2, 0.25) is 0 Å². The van der Waals surface area contributed by atoms with Crippen LogP contribution >= 0.6 is 0 Å². The van der Waals surface area contributed by atoms with Crippen LogP contribution in [0.4, 0.5) is 36.6 Å². The van der Waals surface area contributed by atoms with Gasteiger partial charge in [0.15, 0.2) is 57.8 Å². The van der Waals surface area contributed by atoms with E-state index in [-0.39, 0.29) is 60.8 Å². The summed E-state index contributed by atoms with van der Waals surface area (Å²) in [5.74, 6) is 19.9. The molecule has 16 aliphatic carbocycles. The number of hydrogen-bond donors (Lipinski definition) is 5. The molecule has 3 aliphatic heterocycles. The van der Waals surface area contributed by atoms with E-state index in [1.54, 1.807) is 40.8 Å². The molecule has 6 aromatic rings. The molecule has 8 N–H and O–H groups in total. The van der Waals surface area contributed by atoms with Gasteiger partial charge < -0.3 is 79.5 Å². The maximum atomic E-state index is 13.3. The van der Waals surface area contributed by atoms with Gasteiger partial charge in [0.2, 0.25) is 5.60 Å². The molecule has 16 bridgehead atoms. The SMILES string of the molecule is C#C[C@]1(CO)O[C@@H](n2cnc3c(N)nc(C)nc32)C[C@@H]1OC(=O)OCCC12CC3CC(CC(C3)C1)C2.C#C[C@]1(COC(=O)OCCC23CC4CC(CC(C4)C2)C3)O[C@@H](n2cnc3c(N)nc(C)nc32)C[C@@H]1O.C#C[C@]1(COC(=O)OCCC23CC4CC(CC(C4)C2)C3)O[C@@H](n2cnc3c(N)nc(C)nc32)C[C@@H]1OC(=O)OCCC12CC3CC(CC(C3)C1)C2. The number of aliphatic hydroxyl groups excluding tert-OH is 2. The lowest BCUT2D eigenvalue weighted by atomic mass is 9.49. The molecule has 0 amide bonds. The van der Waals surface area contributed by atoms with Crippen molar-refractivity contribution in [3.8, 4) is 37.0 Å². The molecule has 0 unspecified atom stereocenters. The van der Waals surface area contributed by atoms with Crippen LogP contribution in [0.15, 0.2) is 19.0 Å². The normalized spacial score (nSPS) is 38.1. The van der Waals surface area contributed by atoms with Gasteiger partial charge in [0.25, 0.3) is 0 Å². The van der Waals surface area contributed by atoms with Crippen molar-refractivity contribution in [2.45, 2.75) is 274 Å². The molecule has 0 radical (unpaired) electrons. The van der Waals surface area contributed by atoms with E-state index >= 15 is 0 Å². The molecule has 32 nitrogen and oxygen atoms in total. The number of aryl methyl sites for hydroxylation is 3. The molecule has 19 aliphatic rings. The lowest BCUT2D eigenvalue weighted by Crippen LogP contribution is -2.47. The predicted octanol–water partition coefficient (Wildman–Crippen LogP) is 13.2. The second-order valence-electron chi connectivity index (χ2n) is 40.5. The second kappa shape index (κ2) is 32.5. The van der Waals surface area contributed by atoms with Crippen molar-refractivity contribution >= 4 is 75.6 Å². The number of rotatable bonds is 22. The van der Waals surface area contributed by atoms with Gasteiger partial charge in [-0.05, 0) is 293 Å².